The summed E-state index contributed by atoms with van der Waals surface area (Å²) in [6.45, 7) is 0. The summed E-state index contributed by atoms with van der Waals surface area (Å²) >= 11 is 10.7. The second kappa shape index (κ2) is 8.88. The summed E-state index contributed by atoms with van der Waals surface area (Å²) in [6.07, 6.45) is 0.0925. The van der Waals surface area contributed by atoms with Crippen molar-refractivity contribution < 1.29 is 14.5 Å². The second-order valence-electron chi connectivity index (χ2n) is 5.06. The monoisotopic (exact) mass is 392 g/mol. The minimum Gasteiger partial charge on any atom is -0.302 e. The van der Waals surface area contributed by atoms with E-state index in [2.05, 4.69) is 16.2 Å². The van der Waals surface area contributed by atoms with E-state index in [0.29, 0.717) is 5.02 Å². The van der Waals surface area contributed by atoms with Gasteiger partial charge in [-0.1, -0.05) is 23.7 Å². The molecule has 0 spiro atoms. The quantitative estimate of drug-likeness (QED) is 0.417. The number of benzene rings is 2. The molecule has 134 valence electrons. The number of halogens is 1. The number of hydrazine groups is 1. The molecule has 0 radical (unpaired) electrons. The first-order chi connectivity index (χ1) is 12.3. The van der Waals surface area contributed by atoms with Crippen molar-refractivity contribution in [1.82, 2.24) is 16.2 Å². The van der Waals surface area contributed by atoms with E-state index in [4.69, 9.17) is 23.8 Å². The van der Waals surface area contributed by atoms with Crippen molar-refractivity contribution in [3.63, 3.8) is 0 Å². The molecule has 0 saturated carbocycles. The van der Waals surface area contributed by atoms with Crippen molar-refractivity contribution in [3.8, 4) is 0 Å². The van der Waals surface area contributed by atoms with Crippen LogP contribution < -0.4 is 16.2 Å². The zero-order valence-electron chi connectivity index (χ0n) is 13.2. The average Bonchev–Trinajstić information content (AvgIpc) is 2.61. The number of nitrogens with zero attached hydrogens (tertiary/aromatic N) is 1. The van der Waals surface area contributed by atoms with Crippen molar-refractivity contribution in [1.29, 1.82) is 0 Å². The summed E-state index contributed by atoms with van der Waals surface area (Å²) in [5.74, 6) is -0.927. The topological polar surface area (TPSA) is 113 Å². The molecule has 2 amide bonds. The molecule has 3 N–H and O–H groups in total. The second-order valence-corrected chi connectivity index (χ2v) is 5.91. The van der Waals surface area contributed by atoms with Crippen molar-refractivity contribution >= 4 is 46.4 Å². The fourth-order valence-corrected chi connectivity index (χ4v) is 2.20. The van der Waals surface area contributed by atoms with Gasteiger partial charge >= 0.3 is 0 Å². The number of carbonyl (C=O) groups excluding carboxylic acids is 2. The molecular formula is C16H13ClN4O4S. The number of hydrogen-bond acceptors (Lipinski definition) is 5. The lowest BCUT2D eigenvalue weighted by Gasteiger charge is -2.11. The molecule has 0 unspecified atom stereocenters. The lowest BCUT2D eigenvalue weighted by molar-refractivity contribution is -0.384. The van der Waals surface area contributed by atoms with Gasteiger partial charge in [0.05, 0.1) is 11.3 Å². The number of non-ortho nitro benzene ring substituents is 1. The average molecular weight is 393 g/mol. The number of amides is 2. The third-order valence-corrected chi connectivity index (χ3v) is 3.62. The zero-order chi connectivity index (χ0) is 19.1. The van der Waals surface area contributed by atoms with Crippen LogP contribution in [0, 0.1) is 10.1 Å². The Balaban J connectivity index is 1.80. The summed E-state index contributed by atoms with van der Waals surface area (Å²) in [5.41, 5.74) is 5.50. The SMILES string of the molecule is O=C(Cc1ccc(Cl)cc1)NC(=S)NNC(=O)c1ccc([N+](=O)[O-])cc1. The summed E-state index contributed by atoms with van der Waals surface area (Å²) in [7, 11) is 0. The Morgan fingerprint density at radius 2 is 1.65 bits per heavy atom. The van der Waals surface area contributed by atoms with E-state index >= 15 is 0 Å². The molecule has 0 saturated heterocycles. The fraction of sp³-hybridized carbons (Fsp3) is 0.0625. The number of thiocarbonyl (C=S) groups is 1. The van der Waals surface area contributed by atoms with Crippen molar-refractivity contribution in [2.24, 2.45) is 0 Å². The molecule has 0 bridgehead atoms. The van der Waals surface area contributed by atoms with Gasteiger partial charge in [-0.25, -0.2) is 0 Å². The molecule has 10 heteroatoms. The Labute approximate surface area is 158 Å². The molecule has 0 fully saturated rings. The van der Waals surface area contributed by atoms with Crippen LogP contribution in [0.15, 0.2) is 48.5 Å². The highest BCUT2D eigenvalue weighted by molar-refractivity contribution is 7.80. The summed E-state index contributed by atoms with van der Waals surface area (Å²) in [6, 6.07) is 11.8. The maximum absolute atomic E-state index is 11.9. The highest BCUT2D eigenvalue weighted by atomic mass is 35.5. The molecule has 2 aromatic carbocycles. The molecular weight excluding hydrogens is 380 g/mol. The van der Waals surface area contributed by atoms with Crippen LogP contribution in [-0.4, -0.2) is 21.9 Å². The lowest BCUT2D eigenvalue weighted by Crippen LogP contribution is -2.48. The van der Waals surface area contributed by atoms with Crippen LogP contribution in [0.25, 0.3) is 0 Å². The number of carbonyl (C=O) groups is 2. The Morgan fingerprint density at radius 1 is 1.04 bits per heavy atom. The highest BCUT2D eigenvalue weighted by Gasteiger charge is 2.10. The number of rotatable bonds is 4. The Kier molecular flexibility index (Phi) is 6.59. The van der Waals surface area contributed by atoms with Gasteiger partial charge in [0.25, 0.3) is 11.6 Å². The van der Waals surface area contributed by atoms with E-state index in [9.17, 15) is 19.7 Å². The maximum Gasteiger partial charge on any atom is 0.269 e. The standard InChI is InChI=1S/C16H13ClN4O4S/c17-12-5-1-10(2-6-12)9-14(22)18-16(26)20-19-15(23)11-3-7-13(8-4-11)21(24)25/h1-8H,9H2,(H,19,23)(H2,18,20,22,26). The summed E-state index contributed by atoms with van der Waals surface area (Å²) < 4.78 is 0. The van der Waals surface area contributed by atoms with E-state index in [0.717, 1.165) is 5.56 Å². The van der Waals surface area contributed by atoms with Gasteiger partial charge in [0.2, 0.25) is 5.91 Å². The minimum absolute atomic E-state index is 0.0841. The predicted octanol–water partition coefficient (Wildman–Crippen LogP) is 2.13. The molecule has 0 aromatic heterocycles. The van der Waals surface area contributed by atoms with Crippen LogP contribution in [0.3, 0.4) is 0 Å². The van der Waals surface area contributed by atoms with E-state index in [1.807, 2.05) is 0 Å². The summed E-state index contributed by atoms with van der Waals surface area (Å²) in [4.78, 5) is 33.8. The van der Waals surface area contributed by atoms with Gasteiger partial charge in [-0.2, -0.15) is 0 Å². The van der Waals surface area contributed by atoms with E-state index in [1.165, 1.54) is 24.3 Å². The van der Waals surface area contributed by atoms with Gasteiger partial charge < -0.3 is 5.32 Å². The normalized spacial score (nSPS) is 9.88. The highest BCUT2D eigenvalue weighted by Crippen LogP contribution is 2.11. The smallest absolute Gasteiger partial charge is 0.269 e. The van der Waals surface area contributed by atoms with Crippen molar-refractivity contribution in [2.75, 3.05) is 0 Å². The molecule has 2 rings (SSSR count). The first-order valence-corrected chi connectivity index (χ1v) is 8.03. The van der Waals surface area contributed by atoms with Gasteiger partial charge in [0.15, 0.2) is 5.11 Å². The predicted molar refractivity (Wildman–Crippen MR) is 99.6 cm³/mol. The number of nitro groups is 1. The van der Waals surface area contributed by atoms with E-state index in [-0.39, 0.29) is 28.7 Å². The van der Waals surface area contributed by atoms with Crippen molar-refractivity contribution in [3.05, 3.63) is 74.8 Å². The largest absolute Gasteiger partial charge is 0.302 e. The molecule has 0 aliphatic heterocycles. The first-order valence-electron chi connectivity index (χ1n) is 7.24. The van der Waals surface area contributed by atoms with Gasteiger partial charge in [-0.3, -0.25) is 30.6 Å². The van der Waals surface area contributed by atoms with Gasteiger partial charge in [0.1, 0.15) is 0 Å². The molecule has 0 aliphatic rings. The lowest BCUT2D eigenvalue weighted by atomic mass is 10.1. The molecule has 8 nitrogen and oxygen atoms in total. The van der Waals surface area contributed by atoms with Gasteiger partial charge in [0, 0.05) is 22.7 Å². The zero-order valence-corrected chi connectivity index (χ0v) is 14.8. The van der Waals surface area contributed by atoms with Gasteiger partial charge in [-0.15, -0.1) is 0 Å². The fourth-order valence-electron chi connectivity index (χ4n) is 1.91. The van der Waals surface area contributed by atoms with E-state index < -0.39 is 10.8 Å². The van der Waals surface area contributed by atoms with Crippen LogP contribution >= 0.6 is 23.8 Å². The Bertz CT molecular complexity index is 840. The van der Waals surface area contributed by atoms with Gasteiger partial charge in [-0.05, 0) is 42.0 Å². The molecule has 0 aliphatic carbocycles. The molecule has 0 atom stereocenters. The van der Waals surface area contributed by atoms with Crippen LogP contribution in [0.5, 0.6) is 0 Å². The van der Waals surface area contributed by atoms with Crippen LogP contribution in [0.4, 0.5) is 5.69 Å². The van der Waals surface area contributed by atoms with Crippen LogP contribution in [-0.2, 0) is 11.2 Å². The maximum atomic E-state index is 11.9. The summed E-state index contributed by atoms with van der Waals surface area (Å²) in [5, 5.41) is 13.5. The first kappa shape index (κ1) is 19.3. The number of hydrogen-bond donors (Lipinski definition) is 3. The molecule has 2 aromatic rings. The Hall–Kier alpha value is -3.04. The van der Waals surface area contributed by atoms with Crippen LogP contribution in [0.2, 0.25) is 5.02 Å². The molecule has 26 heavy (non-hydrogen) atoms. The minimum atomic E-state index is -0.564. The Morgan fingerprint density at radius 3 is 2.23 bits per heavy atom. The third kappa shape index (κ3) is 5.80. The molecule has 0 heterocycles. The number of nitro benzene ring substituents is 1. The third-order valence-electron chi connectivity index (χ3n) is 3.16. The number of nitrogens with one attached hydrogen (secondary N) is 3. The van der Waals surface area contributed by atoms with Crippen molar-refractivity contribution in [2.45, 2.75) is 6.42 Å². The van der Waals surface area contributed by atoms with E-state index in [1.54, 1.807) is 24.3 Å². The van der Waals surface area contributed by atoms with Crippen LogP contribution in [0.1, 0.15) is 15.9 Å².